The molecule has 7 heteroatoms. The van der Waals surface area contributed by atoms with Gasteiger partial charge in [-0.15, -0.1) is 0 Å². The van der Waals surface area contributed by atoms with Gasteiger partial charge in [0.2, 0.25) is 11.8 Å². The first-order chi connectivity index (χ1) is 17.4. The van der Waals surface area contributed by atoms with E-state index in [2.05, 4.69) is 22.0 Å². The molecule has 2 aliphatic rings. The van der Waals surface area contributed by atoms with Crippen LogP contribution in [0.25, 0.3) is 0 Å². The molecule has 3 rings (SSSR count). The van der Waals surface area contributed by atoms with E-state index in [-0.39, 0.29) is 23.4 Å². The normalized spacial score (nSPS) is 18.6. The predicted octanol–water partition coefficient (Wildman–Crippen LogP) is 5.11. The maximum absolute atomic E-state index is 13.5. The number of nitrogens with zero attached hydrogens (tertiary/aromatic N) is 2. The third-order valence-corrected chi connectivity index (χ3v) is 7.87. The van der Waals surface area contributed by atoms with Crippen molar-refractivity contribution in [3.8, 4) is 0 Å². The summed E-state index contributed by atoms with van der Waals surface area (Å²) in [5.41, 5.74) is -0.0653. The second kappa shape index (κ2) is 14.6. The molecule has 0 aliphatic carbocycles. The van der Waals surface area contributed by atoms with Crippen molar-refractivity contribution in [1.82, 2.24) is 15.1 Å². The van der Waals surface area contributed by atoms with Crippen LogP contribution in [-0.4, -0.2) is 65.7 Å². The zero-order valence-electron chi connectivity index (χ0n) is 22.0. The van der Waals surface area contributed by atoms with E-state index in [9.17, 15) is 18.8 Å². The van der Waals surface area contributed by atoms with E-state index < -0.39 is 5.54 Å². The van der Waals surface area contributed by atoms with Gasteiger partial charge in [-0.2, -0.15) is 0 Å². The first kappa shape index (κ1) is 28.5. The van der Waals surface area contributed by atoms with Gasteiger partial charge in [0.25, 0.3) is 0 Å². The lowest BCUT2D eigenvalue weighted by molar-refractivity contribution is -0.142. The topological polar surface area (TPSA) is 69.7 Å². The zero-order chi connectivity index (χ0) is 25.8. The Hall–Kier alpha value is -2.12. The van der Waals surface area contributed by atoms with Crippen molar-refractivity contribution in [2.24, 2.45) is 0 Å². The summed E-state index contributed by atoms with van der Waals surface area (Å²) >= 11 is 0. The fourth-order valence-electron chi connectivity index (χ4n) is 5.59. The van der Waals surface area contributed by atoms with Gasteiger partial charge in [0.05, 0.1) is 0 Å². The van der Waals surface area contributed by atoms with Crippen molar-refractivity contribution < 1.29 is 18.8 Å². The number of nitrogens with one attached hydrogen (secondary N) is 1. The molecule has 1 aromatic rings. The number of Topliss-reactive ketones (excluding diaryl/α,β-unsaturated/α-hetero) is 1. The number of piperidine rings is 2. The van der Waals surface area contributed by atoms with E-state index in [4.69, 9.17) is 0 Å². The Balaban J connectivity index is 1.49. The van der Waals surface area contributed by atoms with Crippen LogP contribution in [0.1, 0.15) is 101 Å². The van der Waals surface area contributed by atoms with Gasteiger partial charge in [-0.3, -0.25) is 24.6 Å². The Morgan fingerprint density at radius 3 is 2.19 bits per heavy atom. The lowest BCUT2D eigenvalue weighted by atomic mass is 9.83. The van der Waals surface area contributed by atoms with E-state index in [1.165, 1.54) is 43.5 Å². The highest BCUT2D eigenvalue weighted by Gasteiger charge is 2.46. The summed E-state index contributed by atoms with van der Waals surface area (Å²) in [5, 5.41) is 2.76. The van der Waals surface area contributed by atoms with Crippen molar-refractivity contribution in [2.75, 3.05) is 32.7 Å². The van der Waals surface area contributed by atoms with Crippen LogP contribution < -0.4 is 5.32 Å². The molecule has 6 nitrogen and oxygen atoms in total. The smallest absolute Gasteiger partial charge is 0.247 e. The molecule has 0 unspecified atom stereocenters. The summed E-state index contributed by atoms with van der Waals surface area (Å²) in [7, 11) is 0. The van der Waals surface area contributed by atoms with Crippen LogP contribution in [0.4, 0.5) is 4.39 Å². The molecule has 0 aromatic heterocycles. The fraction of sp³-hybridized carbons (Fsp3) is 0.690. The maximum atomic E-state index is 13.5. The number of halogens is 1. The number of imide groups is 1. The van der Waals surface area contributed by atoms with Gasteiger partial charge in [-0.1, -0.05) is 39.0 Å². The number of benzene rings is 1. The molecule has 36 heavy (non-hydrogen) atoms. The molecule has 2 aliphatic heterocycles. The minimum Gasteiger partial charge on any atom is -0.303 e. The average Bonchev–Trinajstić information content (AvgIpc) is 2.90. The lowest BCUT2D eigenvalue weighted by Crippen LogP contribution is -2.64. The lowest BCUT2D eigenvalue weighted by Gasteiger charge is -2.48. The summed E-state index contributed by atoms with van der Waals surface area (Å²) < 4.78 is 13.1. The number of rotatable bonds is 13. The SMILES string of the molecule is CCCCCCCC(=O)NC(=O)C1(N2CCCCC2)CCN(CCCC(=O)c2ccc(F)cc2)CC1. The molecule has 200 valence electrons. The number of unbranched alkanes of at least 4 members (excludes halogenated alkanes) is 4. The Morgan fingerprint density at radius 2 is 1.53 bits per heavy atom. The van der Waals surface area contributed by atoms with Gasteiger partial charge in [-0.25, -0.2) is 4.39 Å². The first-order valence-electron chi connectivity index (χ1n) is 14.0. The van der Waals surface area contributed by atoms with Crippen molar-refractivity contribution in [1.29, 1.82) is 0 Å². The quantitative estimate of drug-likeness (QED) is 0.300. The van der Waals surface area contributed by atoms with E-state index in [0.29, 0.717) is 31.2 Å². The third kappa shape index (κ3) is 8.20. The summed E-state index contributed by atoms with van der Waals surface area (Å²) in [5.74, 6) is -0.569. The third-order valence-electron chi connectivity index (χ3n) is 7.87. The molecule has 1 aromatic carbocycles. The zero-order valence-corrected chi connectivity index (χ0v) is 22.0. The minimum absolute atomic E-state index is 0.0299. The summed E-state index contributed by atoms with van der Waals surface area (Å²) in [6.07, 6.45) is 11.7. The highest BCUT2D eigenvalue weighted by atomic mass is 19.1. The number of hydrogen-bond acceptors (Lipinski definition) is 5. The van der Waals surface area contributed by atoms with Crippen LogP contribution in [0.15, 0.2) is 24.3 Å². The molecule has 0 bridgehead atoms. The Kier molecular flexibility index (Phi) is 11.5. The Labute approximate surface area is 216 Å². The standard InChI is InChI=1S/C29H44FN3O3/c1-2-3-4-5-7-12-27(35)31-28(36)29(33-20-8-6-9-21-33)17-22-32(23-18-29)19-10-11-26(34)24-13-15-25(30)16-14-24/h13-16H,2-12,17-23H2,1H3,(H,31,35,36). The maximum Gasteiger partial charge on any atom is 0.247 e. The van der Waals surface area contributed by atoms with Crippen molar-refractivity contribution in [3.05, 3.63) is 35.6 Å². The predicted molar refractivity (Wildman–Crippen MR) is 140 cm³/mol. The highest BCUT2D eigenvalue weighted by Crippen LogP contribution is 2.32. The number of ketones is 1. The van der Waals surface area contributed by atoms with Crippen LogP contribution >= 0.6 is 0 Å². The van der Waals surface area contributed by atoms with Gasteiger partial charge in [-0.05, 0) is 82.4 Å². The van der Waals surface area contributed by atoms with E-state index in [0.717, 1.165) is 71.2 Å². The molecular weight excluding hydrogens is 457 g/mol. The van der Waals surface area contributed by atoms with Crippen molar-refractivity contribution in [2.45, 2.75) is 95.9 Å². The van der Waals surface area contributed by atoms with Crippen molar-refractivity contribution >= 4 is 17.6 Å². The molecular formula is C29H44FN3O3. The Bertz CT molecular complexity index is 844. The fourth-order valence-corrected chi connectivity index (χ4v) is 5.59. The van der Waals surface area contributed by atoms with Gasteiger partial charge in [0, 0.05) is 31.5 Å². The molecule has 2 amide bonds. The van der Waals surface area contributed by atoms with Gasteiger partial charge >= 0.3 is 0 Å². The number of amides is 2. The second-order valence-corrected chi connectivity index (χ2v) is 10.5. The minimum atomic E-state index is -0.612. The molecule has 1 N–H and O–H groups in total. The molecule has 2 heterocycles. The number of hydrogen-bond donors (Lipinski definition) is 1. The molecule has 0 saturated carbocycles. The average molecular weight is 502 g/mol. The number of likely N-dealkylation sites (tertiary alicyclic amines) is 2. The summed E-state index contributed by atoms with van der Waals surface area (Å²) in [6, 6.07) is 5.72. The van der Waals surface area contributed by atoms with E-state index >= 15 is 0 Å². The molecule has 2 fully saturated rings. The van der Waals surface area contributed by atoms with Gasteiger partial charge in [0.1, 0.15) is 11.4 Å². The highest BCUT2D eigenvalue weighted by molar-refractivity contribution is 6.00. The van der Waals surface area contributed by atoms with Crippen LogP contribution in [0.3, 0.4) is 0 Å². The van der Waals surface area contributed by atoms with Crippen LogP contribution in [0.2, 0.25) is 0 Å². The van der Waals surface area contributed by atoms with E-state index in [1.807, 2.05) is 0 Å². The van der Waals surface area contributed by atoms with Gasteiger partial charge in [0.15, 0.2) is 5.78 Å². The monoisotopic (exact) mass is 501 g/mol. The van der Waals surface area contributed by atoms with Crippen LogP contribution in [-0.2, 0) is 9.59 Å². The van der Waals surface area contributed by atoms with Crippen LogP contribution in [0.5, 0.6) is 0 Å². The molecule has 0 radical (unpaired) electrons. The summed E-state index contributed by atoms with van der Waals surface area (Å²) in [6.45, 7) is 6.33. The van der Waals surface area contributed by atoms with Crippen LogP contribution in [0, 0.1) is 5.82 Å². The number of carbonyl (C=O) groups excluding carboxylic acids is 3. The largest absolute Gasteiger partial charge is 0.303 e. The summed E-state index contributed by atoms with van der Waals surface area (Å²) in [4.78, 5) is 43.1. The van der Waals surface area contributed by atoms with Gasteiger partial charge < -0.3 is 4.90 Å². The Morgan fingerprint density at radius 1 is 0.861 bits per heavy atom. The number of carbonyl (C=O) groups is 3. The molecule has 2 saturated heterocycles. The molecule has 0 spiro atoms. The first-order valence-corrected chi connectivity index (χ1v) is 14.0. The van der Waals surface area contributed by atoms with Crippen molar-refractivity contribution in [3.63, 3.8) is 0 Å². The second-order valence-electron chi connectivity index (χ2n) is 10.5. The molecule has 0 atom stereocenters. The van der Waals surface area contributed by atoms with E-state index in [1.54, 1.807) is 0 Å².